The van der Waals surface area contributed by atoms with Crippen LogP contribution in [0.3, 0.4) is 0 Å². The molecule has 0 amide bonds. The predicted octanol–water partition coefficient (Wildman–Crippen LogP) is 6.23. The van der Waals surface area contributed by atoms with Crippen molar-refractivity contribution in [1.29, 1.82) is 5.26 Å². The van der Waals surface area contributed by atoms with E-state index in [1.807, 2.05) is 36.4 Å². The molecule has 0 saturated carbocycles. The van der Waals surface area contributed by atoms with E-state index < -0.39 is 0 Å². The van der Waals surface area contributed by atoms with Gasteiger partial charge in [0.25, 0.3) is 0 Å². The summed E-state index contributed by atoms with van der Waals surface area (Å²) in [5.74, 6) is 0.870. The molecule has 202 valence electrons. The molecule has 1 fully saturated rings. The minimum Gasteiger partial charge on any atom is -0.488 e. The lowest BCUT2D eigenvalue weighted by atomic mass is 9.96. The Balaban J connectivity index is 1.28. The van der Waals surface area contributed by atoms with Crippen molar-refractivity contribution in [3.8, 4) is 28.7 Å². The summed E-state index contributed by atoms with van der Waals surface area (Å²) in [5.41, 5.74) is 5.70. The van der Waals surface area contributed by atoms with E-state index in [1.165, 1.54) is 12.3 Å². The van der Waals surface area contributed by atoms with E-state index in [1.54, 1.807) is 24.4 Å². The summed E-state index contributed by atoms with van der Waals surface area (Å²) in [5, 5.41) is 19.4. The minimum atomic E-state index is -0.320. The highest BCUT2D eigenvalue weighted by Gasteiger charge is 2.29. The molecule has 1 N–H and O–H groups in total. The first-order chi connectivity index (χ1) is 19.5. The molecule has 0 bridgehead atoms. The van der Waals surface area contributed by atoms with Gasteiger partial charge in [-0.15, -0.1) is 0 Å². The molecule has 8 heteroatoms. The highest BCUT2D eigenvalue weighted by Crippen LogP contribution is 2.43. The van der Waals surface area contributed by atoms with Gasteiger partial charge in [0.1, 0.15) is 36.1 Å². The number of ether oxygens (including phenoxy) is 2. The first-order valence-electron chi connectivity index (χ1n) is 13.2. The molecule has 0 spiro atoms. The molecule has 4 aromatic rings. The fraction of sp³-hybridized carbons (Fsp3) is 0.250. The number of hydrogen-bond donors (Lipinski definition) is 1. The van der Waals surface area contributed by atoms with Gasteiger partial charge >= 0.3 is 0 Å². The number of pyridine rings is 1. The number of nitriles is 1. The van der Waals surface area contributed by atoms with E-state index in [9.17, 15) is 14.8 Å². The second-order valence-electron chi connectivity index (χ2n) is 10.2. The second-order valence-corrected chi connectivity index (χ2v) is 10.6. The van der Waals surface area contributed by atoms with Crippen molar-refractivity contribution in [2.75, 3.05) is 13.1 Å². The van der Waals surface area contributed by atoms with Crippen LogP contribution < -0.4 is 9.47 Å². The molecule has 6 rings (SSSR count). The Morgan fingerprint density at radius 2 is 1.88 bits per heavy atom. The number of nitrogens with zero attached hydrogens (tertiary/aromatic N) is 3. The average molecular weight is 556 g/mol. The van der Waals surface area contributed by atoms with E-state index in [2.05, 4.69) is 16.0 Å². The van der Waals surface area contributed by atoms with Crippen LogP contribution in [0.4, 0.5) is 4.39 Å². The zero-order valence-electron chi connectivity index (χ0n) is 21.7. The highest BCUT2D eigenvalue weighted by molar-refractivity contribution is 6.32. The maximum absolute atomic E-state index is 14.6. The van der Waals surface area contributed by atoms with Crippen LogP contribution in [0.1, 0.15) is 40.3 Å². The van der Waals surface area contributed by atoms with Crippen molar-refractivity contribution in [2.24, 2.45) is 0 Å². The zero-order valence-corrected chi connectivity index (χ0v) is 22.4. The van der Waals surface area contributed by atoms with Crippen molar-refractivity contribution < 1.29 is 19.0 Å². The third-order valence-corrected chi connectivity index (χ3v) is 7.71. The normalized spacial score (nSPS) is 16.7. The van der Waals surface area contributed by atoms with Gasteiger partial charge in [-0.3, -0.25) is 9.88 Å². The van der Waals surface area contributed by atoms with Gasteiger partial charge in [-0.1, -0.05) is 48.0 Å². The molecule has 1 aliphatic heterocycles. The van der Waals surface area contributed by atoms with Gasteiger partial charge in [-0.2, -0.15) is 5.26 Å². The van der Waals surface area contributed by atoms with Gasteiger partial charge in [-0.05, 0) is 47.7 Å². The number of β-amino-alcohol motifs (C(OH)–C–C–N with tert-alkyl or cyclic N) is 1. The summed E-state index contributed by atoms with van der Waals surface area (Å²) >= 11 is 6.74. The maximum atomic E-state index is 14.6. The Morgan fingerprint density at radius 1 is 1.05 bits per heavy atom. The Hall–Kier alpha value is -3.96. The van der Waals surface area contributed by atoms with Crippen molar-refractivity contribution in [3.63, 3.8) is 0 Å². The van der Waals surface area contributed by atoms with Gasteiger partial charge in [0.2, 0.25) is 0 Å². The van der Waals surface area contributed by atoms with Crippen LogP contribution in [-0.4, -0.2) is 34.2 Å². The first-order valence-corrected chi connectivity index (χ1v) is 13.6. The lowest BCUT2D eigenvalue weighted by molar-refractivity contribution is -0.00335. The van der Waals surface area contributed by atoms with E-state index in [-0.39, 0.29) is 24.6 Å². The SMILES string of the molecule is N#Cc1cncc(COc2cc(O[C@H]3CCc4c(-c5ccccc5F)cccc43)c(Cl)cc2CN2CC(O)C2)c1. The van der Waals surface area contributed by atoms with Crippen LogP contribution in [0.5, 0.6) is 11.5 Å². The van der Waals surface area contributed by atoms with E-state index in [0.29, 0.717) is 47.3 Å². The van der Waals surface area contributed by atoms with Gasteiger partial charge in [0.15, 0.2) is 0 Å². The van der Waals surface area contributed by atoms with Crippen molar-refractivity contribution >= 4 is 11.6 Å². The van der Waals surface area contributed by atoms with Crippen molar-refractivity contribution in [3.05, 3.63) is 112 Å². The smallest absolute Gasteiger partial charge is 0.142 e. The summed E-state index contributed by atoms with van der Waals surface area (Å²) in [6.07, 6.45) is 4.13. The predicted molar refractivity (Wildman–Crippen MR) is 150 cm³/mol. The Bertz CT molecular complexity index is 1600. The molecule has 40 heavy (non-hydrogen) atoms. The fourth-order valence-electron chi connectivity index (χ4n) is 5.45. The molecule has 1 aliphatic carbocycles. The second kappa shape index (κ2) is 11.3. The Kier molecular flexibility index (Phi) is 7.40. The molecule has 2 heterocycles. The zero-order chi connectivity index (χ0) is 27.6. The number of aliphatic hydroxyl groups is 1. The lowest BCUT2D eigenvalue weighted by Crippen LogP contribution is -2.49. The van der Waals surface area contributed by atoms with Crippen molar-refractivity contribution in [1.82, 2.24) is 9.88 Å². The lowest BCUT2D eigenvalue weighted by Gasteiger charge is -2.36. The summed E-state index contributed by atoms with van der Waals surface area (Å²) in [6, 6.07) is 20.3. The van der Waals surface area contributed by atoms with Gasteiger partial charge < -0.3 is 14.6 Å². The van der Waals surface area contributed by atoms with Gasteiger partial charge in [0.05, 0.1) is 16.7 Å². The van der Waals surface area contributed by atoms with Crippen LogP contribution >= 0.6 is 11.6 Å². The molecular weight excluding hydrogens is 529 g/mol. The molecule has 1 atom stereocenters. The van der Waals surface area contributed by atoms with Crippen LogP contribution in [0, 0.1) is 17.1 Å². The molecule has 1 aromatic heterocycles. The van der Waals surface area contributed by atoms with Crippen LogP contribution in [0.25, 0.3) is 11.1 Å². The van der Waals surface area contributed by atoms with Gasteiger partial charge in [-0.25, -0.2) is 4.39 Å². The Morgan fingerprint density at radius 3 is 2.67 bits per heavy atom. The minimum absolute atomic E-state index is 0.220. The number of fused-ring (bicyclic) bond motifs is 1. The topological polar surface area (TPSA) is 78.6 Å². The molecule has 1 saturated heterocycles. The Labute approximate surface area is 237 Å². The number of aromatic nitrogens is 1. The van der Waals surface area contributed by atoms with Crippen LogP contribution in [0.15, 0.2) is 73.1 Å². The molecule has 6 nitrogen and oxygen atoms in total. The first kappa shape index (κ1) is 26.3. The molecule has 2 aliphatic rings. The van der Waals surface area contributed by atoms with E-state index in [0.717, 1.165) is 40.7 Å². The van der Waals surface area contributed by atoms with Gasteiger partial charge in [0, 0.05) is 54.8 Å². The monoisotopic (exact) mass is 555 g/mol. The molecule has 0 unspecified atom stereocenters. The maximum Gasteiger partial charge on any atom is 0.142 e. The summed E-state index contributed by atoms with van der Waals surface area (Å²) in [6.45, 7) is 1.97. The quantitative estimate of drug-likeness (QED) is 0.277. The van der Waals surface area contributed by atoms with E-state index >= 15 is 0 Å². The standard InChI is InChI=1S/C32H27ClFN3O3/c33-28-11-22(16-37-17-23(38)18-37)31(39-19-21-10-20(13-35)14-36-15-21)12-32(28)40-30-9-8-25-24(5-3-6-27(25)30)26-4-1-2-7-29(26)34/h1-7,10-12,14-15,23,30,38H,8-9,16-19H2/t30-/m0/s1. The van der Waals surface area contributed by atoms with Crippen LogP contribution in [0.2, 0.25) is 5.02 Å². The number of benzene rings is 3. The van der Waals surface area contributed by atoms with Crippen molar-refractivity contribution in [2.45, 2.75) is 38.2 Å². The number of aliphatic hydroxyl groups excluding tert-OH is 1. The summed E-state index contributed by atoms with van der Waals surface area (Å²) in [7, 11) is 0. The fourth-order valence-corrected chi connectivity index (χ4v) is 5.68. The average Bonchev–Trinajstić information content (AvgIpc) is 3.36. The van der Waals surface area contributed by atoms with E-state index in [4.69, 9.17) is 21.1 Å². The molecule has 3 aromatic carbocycles. The van der Waals surface area contributed by atoms with Crippen LogP contribution in [-0.2, 0) is 19.6 Å². The largest absolute Gasteiger partial charge is 0.488 e. The molecule has 0 radical (unpaired) electrons. The third-order valence-electron chi connectivity index (χ3n) is 7.41. The number of likely N-dealkylation sites (tertiary alicyclic amines) is 1. The number of hydrogen-bond acceptors (Lipinski definition) is 6. The number of rotatable bonds is 8. The molecular formula is C32H27ClFN3O3. The summed E-state index contributed by atoms with van der Waals surface area (Å²) < 4.78 is 27.3. The summed E-state index contributed by atoms with van der Waals surface area (Å²) in [4.78, 5) is 6.23. The number of halogens is 2. The third kappa shape index (κ3) is 5.39. The highest BCUT2D eigenvalue weighted by atomic mass is 35.5.